The number of aryl methyl sites for hydroxylation is 2. The smallest absolute Gasteiger partial charge is 0.123 e. The van der Waals surface area contributed by atoms with Crippen LogP contribution in [0.25, 0.3) is 20.9 Å². The average molecular weight is 543 g/mol. The molecule has 1 heterocycles. The summed E-state index contributed by atoms with van der Waals surface area (Å²) in [7, 11) is 0. The molecule has 1 unspecified atom stereocenters. The summed E-state index contributed by atoms with van der Waals surface area (Å²) in [5, 5.41) is 7.58. The summed E-state index contributed by atoms with van der Waals surface area (Å²) in [6.07, 6.45) is 6.09. The quantitative estimate of drug-likeness (QED) is 0.161. The van der Waals surface area contributed by atoms with E-state index in [1.807, 2.05) is 11.3 Å². The Hall–Kier alpha value is -2.40. The van der Waals surface area contributed by atoms with Crippen molar-refractivity contribution < 1.29 is 4.74 Å². The Morgan fingerprint density at radius 1 is 1.00 bits per heavy atom. The third-order valence-corrected chi connectivity index (χ3v) is 10.1. The minimum absolute atomic E-state index is 0.156. The van der Waals surface area contributed by atoms with Crippen LogP contribution in [0.3, 0.4) is 0 Å². The van der Waals surface area contributed by atoms with Crippen molar-refractivity contribution >= 4 is 32.2 Å². The first kappa shape index (κ1) is 28.1. The average Bonchev–Trinajstić information content (AvgIpc) is 3.69. The predicted octanol–water partition coefficient (Wildman–Crippen LogP) is 8.98. The highest BCUT2D eigenvalue weighted by atomic mass is 32.1. The van der Waals surface area contributed by atoms with E-state index >= 15 is 0 Å². The monoisotopic (exact) mass is 542 g/mol. The third-order valence-electron chi connectivity index (χ3n) is 8.67. The molecule has 0 amide bonds. The van der Waals surface area contributed by atoms with Gasteiger partial charge in [0.2, 0.25) is 0 Å². The van der Waals surface area contributed by atoms with E-state index in [1.54, 1.807) is 4.88 Å². The van der Waals surface area contributed by atoms with Crippen molar-refractivity contribution in [2.24, 2.45) is 5.92 Å². The molecule has 0 bridgehead atoms. The van der Waals surface area contributed by atoms with E-state index in [-0.39, 0.29) is 5.54 Å². The molecule has 4 heteroatoms. The van der Waals surface area contributed by atoms with Gasteiger partial charge in [0.1, 0.15) is 5.75 Å². The number of nitrogens with one attached hydrogen (secondary N) is 1. The number of nitrogens with zero attached hydrogens (tertiary/aromatic N) is 1. The molecule has 1 aromatic heterocycles. The molecular formula is C35H46N2OS. The Morgan fingerprint density at radius 3 is 2.54 bits per heavy atom. The van der Waals surface area contributed by atoms with E-state index in [0.717, 1.165) is 45.0 Å². The summed E-state index contributed by atoms with van der Waals surface area (Å²) in [4.78, 5) is 4.39. The summed E-state index contributed by atoms with van der Waals surface area (Å²) < 4.78 is 7.66. The van der Waals surface area contributed by atoms with Crippen molar-refractivity contribution in [1.29, 1.82) is 0 Å². The maximum Gasteiger partial charge on any atom is 0.123 e. The summed E-state index contributed by atoms with van der Waals surface area (Å²) in [5.41, 5.74) is 4.30. The van der Waals surface area contributed by atoms with Crippen molar-refractivity contribution in [2.75, 3.05) is 26.2 Å². The van der Waals surface area contributed by atoms with E-state index in [9.17, 15) is 0 Å². The van der Waals surface area contributed by atoms with E-state index in [1.165, 1.54) is 63.2 Å². The SMILES string of the molecule is CCNCCCCN(Cc1ccc2ccccc2c1)C1(c2sc3cc(OCC(C)CC)c(C)cc3c2C)CC1. The van der Waals surface area contributed by atoms with E-state index in [0.29, 0.717) is 5.92 Å². The molecule has 0 spiro atoms. The van der Waals surface area contributed by atoms with Gasteiger partial charge < -0.3 is 10.1 Å². The Balaban J connectivity index is 1.44. The second-order valence-electron chi connectivity index (χ2n) is 11.7. The van der Waals surface area contributed by atoms with Gasteiger partial charge in [0.15, 0.2) is 0 Å². The molecule has 1 aliphatic carbocycles. The maximum atomic E-state index is 6.29. The summed E-state index contributed by atoms with van der Waals surface area (Å²) in [6, 6.07) is 20.5. The van der Waals surface area contributed by atoms with Gasteiger partial charge in [-0.25, -0.2) is 0 Å². The van der Waals surface area contributed by atoms with Gasteiger partial charge in [0.25, 0.3) is 0 Å². The molecule has 4 aromatic rings. The molecule has 1 aliphatic rings. The Labute approximate surface area is 239 Å². The van der Waals surface area contributed by atoms with Crippen LogP contribution < -0.4 is 10.1 Å². The highest BCUT2D eigenvalue weighted by Gasteiger charge is 2.51. The molecular weight excluding hydrogens is 496 g/mol. The third kappa shape index (κ3) is 6.19. The van der Waals surface area contributed by atoms with Gasteiger partial charge in [0.05, 0.1) is 12.1 Å². The highest BCUT2D eigenvalue weighted by molar-refractivity contribution is 7.19. The van der Waals surface area contributed by atoms with Crippen molar-refractivity contribution in [3.8, 4) is 5.75 Å². The van der Waals surface area contributed by atoms with Gasteiger partial charge in [-0.3, -0.25) is 4.90 Å². The van der Waals surface area contributed by atoms with Gasteiger partial charge in [0, 0.05) is 16.1 Å². The normalized spacial score (nSPS) is 15.3. The number of hydrogen-bond donors (Lipinski definition) is 1. The molecule has 0 radical (unpaired) electrons. The zero-order valence-electron chi connectivity index (χ0n) is 24.6. The van der Waals surface area contributed by atoms with Crippen LogP contribution in [0.2, 0.25) is 0 Å². The molecule has 1 saturated carbocycles. The number of fused-ring (bicyclic) bond motifs is 2. The summed E-state index contributed by atoms with van der Waals surface area (Å²) >= 11 is 2.01. The Kier molecular flexibility index (Phi) is 8.96. The van der Waals surface area contributed by atoms with E-state index < -0.39 is 0 Å². The standard InChI is InChI=1S/C35H46N2OS/c1-6-25(3)24-38-32-22-33-31(20-26(32)4)27(5)34(39-33)35(16-17-35)37(19-11-10-18-36-7-2)23-28-14-15-29-12-8-9-13-30(29)21-28/h8-9,12-15,20-22,25,36H,6-7,10-11,16-19,23-24H2,1-5H3. The molecule has 1 atom stereocenters. The molecule has 0 aliphatic heterocycles. The first-order valence-electron chi connectivity index (χ1n) is 15.1. The second-order valence-corrected chi connectivity index (χ2v) is 12.7. The van der Waals surface area contributed by atoms with Crippen LogP contribution in [0.4, 0.5) is 0 Å². The first-order valence-corrected chi connectivity index (χ1v) is 15.9. The number of benzene rings is 3. The maximum absolute atomic E-state index is 6.29. The van der Waals surface area contributed by atoms with Crippen LogP contribution in [0, 0.1) is 19.8 Å². The molecule has 39 heavy (non-hydrogen) atoms. The van der Waals surface area contributed by atoms with Gasteiger partial charge >= 0.3 is 0 Å². The number of thiophene rings is 1. The molecule has 0 saturated heterocycles. The van der Waals surface area contributed by atoms with Crippen molar-refractivity contribution in [3.05, 3.63) is 76.2 Å². The number of unbranched alkanes of at least 4 members (excludes halogenated alkanes) is 1. The van der Waals surface area contributed by atoms with Crippen molar-refractivity contribution in [2.45, 2.75) is 78.8 Å². The molecule has 3 nitrogen and oxygen atoms in total. The topological polar surface area (TPSA) is 24.5 Å². The lowest BCUT2D eigenvalue weighted by molar-refractivity contribution is 0.166. The predicted molar refractivity (Wildman–Crippen MR) is 169 cm³/mol. The minimum atomic E-state index is 0.156. The zero-order chi connectivity index (χ0) is 27.4. The van der Waals surface area contributed by atoms with Crippen molar-refractivity contribution in [1.82, 2.24) is 10.2 Å². The van der Waals surface area contributed by atoms with E-state index in [4.69, 9.17) is 4.74 Å². The molecule has 1 fully saturated rings. The van der Waals surface area contributed by atoms with E-state index in [2.05, 4.69) is 99.4 Å². The van der Waals surface area contributed by atoms with Crippen LogP contribution in [-0.4, -0.2) is 31.1 Å². The van der Waals surface area contributed by atoms with Gasteiger partial charge in [-0.15, -0.1) is 11.3 Å². The second kappa shape index (κ2) is 12.4. The Bertz CT molecular complexity index is 1400. The van der Waals surface area contributed by atoms with Crippen molar-refractivity contribution in [3.63, 3.8) is 0 Å². The van der Waals surface area contributed by atoms with Crippen LogP contribution >= 0.6 is 11.3 Å². The number of ether oxygens (including phenoxy) is 1. The summed E-state index contributed by atoms with van der Waals surface area (Å²) in [5.74, 6) is 1.63. The fourth-order valence-corrected chi connectivity index (χ4v) is 7.34. The molecule has 5 rings (SSSR count). The Morgan fingerprint density at radius 2 is 1.79 bits per heavy atom. The van der Waals surface area contributed by atoms with Crippen LogP contribution in [0.5, 0.6) is 5.75 Å². The van der Waals surface area contributed by atoms with Gasteiger partial charge in [-0.2, -0.15) is 0 Å². The summed E-state index contributed by atoms with van der Waals surface area (Å²) in [6.45, 7) is 16.3. The number of rotatable bonds is 14. The van der Waals surface area contributed by atoms with Crippen LogP contribution in [0.1, 0.15) is 74.4 Å². The van der Waals surface area contributed by atoms with Crippen LogP contribution in [0.15, 0.2) is 54.6 Å². The van der Waals surface area contributed by atoms with Crippen LogP contribution in [-0.2, 0) is 12.1 Å². The lowest BCUT2D eigenvalue weighted by Gasteiger charge is -2.32. The highest BCUT2D eigenvalue weighted by Crippen LogP contribution is 2.56. The fourth-order valence-electron chi connectivity index (χ4n) is 5.84. The molecule has 1 N–H and O–H groups in total. The minimum Gasteiger partial charge on any atom is -0.493 e. The fraction of sp³-hybridized carbons (Fsp3) is 0.486. The number of hydrogen-bond acceptors (Lipinski definition) is 4. The largest absolute Gasteiger partial charge is 0.493 e. The first-order chi connectivity index (χ1) is 18.9. The van der Waals surface area contributed by atoms with Gasteiger partial charge in [-0.1, -0.05) is 63.6 Å². The lowest BCUT2D eigenvalue weighted by Crippen LogP contribution is -2.36. The van der Waals surface area contributed by atoms with Gasteiger partial charge in [-0.05, 0) is 116 Å². The molecule has 208 valence electrons. The zero-order valence-corrected chi connectivity index (χ0v) is 25.4. The lowest BCUT2D eigenvalue weighted by atomic mass is 10.0. The molecule has 3 aromatic carbocycles.